The Balaban J connectivity index is 3.07. The van der Waals surface area contributed by atoms with Crippen molar-refractivity contribution in [3.05, 3.63) is 29.3 Å². The van der Waals surface area contributed by atoms with Crippen molar-refractivity contribution in [2.45, 2.75) is 26.1 Å². The molecule has 0 unspecified atom stereocenters. The number of rotatable bonds is 4. The number of ether oxygens (including phenoxy) is 2. The average molecular weight is 298 g/mol. The molecule has 0 saturated heterocycles. The molecule has 0 aliphatic heterocycles. The van der Waals surface area contributed by atoms with Crippen LogP contribution >= 0.6 is 0 Å². The molecular formula is C12H11F5O3. The Labute approximate surface area is 111 Å². The monoisotopic (exact) mass is 298 g/mol. The molecule has 1 aromatic rings. The Hall–Kier alpha value is -1.86. The maximum atomic E-state index is 13.7. The lowest BCUT2D eigenvalue weighted by Gasteiger charge is -2.18. The maximum Gasteiger partial charge on any atom is 0.573 e. The highest BCUT2D eigenvalue weighted by molar-refractivity contribution is 5.80. The molecule has 0 N–H and O–H groups in total. The number of esters is 1. The minimum atomic E-state index is -4.92. The molecule has 0 aliphatic rings. The predicted octanol–water partition coefficient (Wildman–Crippen LogP) is 3.55. The van der Waals surface area contributed by atoms with Crippen molar-refractivity contribution in [1.82, 2.24) is 0 Å². The number of hydrogen-bond acceptors (Lipinski definition) is 3. The quantitative estimate of drug-likeness (QED) is 0.630. The fraction of sp³-hybridized carbons (Fsp3) is 0.417. The highest BCUT2D eigenvalue weighted by atomic mass is 19.4. The molecule has 0 heterocycles. The highest BCUT2D eigenvalue weighted by Crippen LogP contribution is 2.34. The number of halogens is 5. The van der Waals surface area contributed by atoms with Gasteiger partial charge in [0.15, 0.2) is 0 Å². The third kappa shape index (κ3) is 3.82. The van der Waals surface area contributed by atoms with Gasteiger partial charge in [-0.3, -0.25) is 0 Å². The summed E-state index contributed by atoms with van der Waals surface area (Å²) >= 11 is 0. The molecule has 0 amide bonds. The highest BCUT2D eigenvalue weighted by Gasteiger charge is 2.44. The van der Waals surface area contributed by atoms with E-state index in [4.69, 9.17) is 0 Å². The summed E-state index contributed by atoms with van der Waals surface area (Å²) in [7, 11) is 0. The van der Waals surface area contributed by atoms with Crippen LogP contribution in [0.15, 0.2) is 18.2 Å². The fourth-order valence-electron chi connectivity index (χ4n) is 1.52. The van der Waals surface area contributed by atoms with E-state index in [2.05, 4.69) is 9.47 Å². The number of benzene rings is 1. The lowest BCUT2D eigenvalue weighted by molar-refractivity contribution is -0.274. The van der Waals surface area contributed by atoms with Gasteiger partial charge >= 0.3 is 18.3 Å². The van der Waals surface area contributed by atoms with Crippen LogP contribution in [-0.4, -0.2) is 18.9 Å². The Bertz CT molecular complexity index is 496. The molecule has 3 nitrogen and oxygen atoms in total. The normalized spacial score (nSPS) is 12.2. The van der Waals surface area contributed by atoms with Crippen LogP contribution in [0.4, 0.5) is 22.0 Å². The Morgan fingerprint density at radius 1 is 1.20 bits per heavy atom. The van der Waals surface area contributed by atoms with Crippen LogP contribution in [-0.2, 0) is 15.5 Å². The molecule has 0 bridgehead atoms. The van der Waals surface area contributed by atoms with Crippen molar-refractivity contribution in [3.63, 3.8) is 0 Å². The molecule has 0 aromatic heterocycles. The molecule has 0 saturated carbocycles. The van der Waals surface area contributed by atoms with E-state index in [1.165, 1.54) is 6.92 Å². The topological polar surface area (TPSA) is 35.5 Å². The second-order valence-electron chi connectivity index (χ2n) is 3.82. The van der Waals surface area contributed by atoms with Crippen molar-refractivity contribution in [1.29, 1.82) is 0 Å². The number of alkyl halides is 5. The van der Waals surface area contributed by atoms with E-state index in [0.29, 0.717) is 12.1 Å². The van der Waals surface area contributed by atoms with Gasteiger partial charge in [0.05, 0.1) is 6.61 Å². The molecule has 0 aliphatic carbocycles. The zero-order valence-corrected chi connectivity index (χ0v) is 10.6. The first-order valence-corrected chi connectivity index (χ1v) is 5.50. The van der Waals surface area contributed by atoms with E-state index in [-0.39, 0.29) is 12.2 Å². The number of carbonyl (C=O) groups is 1. The largest absolute Gasteiger partial charge is 0.573 e. The van der Waals surface area contributed by atoms with Gasteiger partial charge in [-0.05, 0) is 37.6 Å². The molecule has 20 heavy (non-hydrogen) atoms. The first-order chi connectivity index (χ1) is 9.08. The van der Waals surface area contributed by atoms with E-state index in [0.717, 1.165) is 13.0 Å². The van der Waals surface area contributed by atoms with Crippen LogP contribution in [0.1, 0.15) is 18.1 Å². The van der Waals surface area contributed by atoms with E-state index >= 15 is 0 Å². The SMILES string of the molecule is CCOC(=O)C(F)(F)c1ccc(OC(F)(F)F)cc1C. The van der Waals surface area contributed by atoms with Crippen molar-refractivity contribution >= 4 is 5.97 Å². The summed E-state index contributed by atoms with van der Waals surface area (Å²) in [5, 5.41) is 0. The van der Waals surface area contributed by atoms with Gasteiger partial charge in [0.25, 0.3) is 0 Å². The van der Waals surface area contributed by atoms with Crippen molar-refractivity contribution in [2.24, 2.45) is 0 Å². The van der Waals surface area contributed by atoms with E-state index < -0.39 is 29.6 Å². The minimum absolute atomic E-state index is 0.218. The first kappa shape index (κ1) is 16.2. The maximum absolute atomic E-state index is 13.7. The van der Waals surface area contributed by atoms with Gasteiger partial charge in [0.2, 0.25) is 0 Å². The van der Waals surface area contributed by atoms with Gasteiger partial charge < -0.3 is 9.47 Å². The predicted molar refractivity (Wildman–Crippen MR) is 58.4 cm³/mol. The number of carbonyl (C=O) groups excluding carboxylic acids is 1. The Kier molecular flexibility index (Phi) is 4.57. The molecule has 8 heteroatoms. The van der Waals surface area contributed by atoms with Gasteiger partial charge in [-0.1, -0.05) is 0 Å². The molecular weight excluding hydrogens is 287 g/mol. The molecule has 0 radical (unpaired) electrons. The average Bonchev–Trinajstić information content (AvgIpc) is 2.26. The summed E-state index contributed by atoms with van der Waals surface area (Å²) < 4.78 is 71.3. The minimum Gasteiger partial charge on any atom is -0.461 e. The lowest BCUT2D eigenvalue weighted by Crippen LogP contribution is -2.29. The smallest absolute Gasteiger partial charge is 0.461 e. The van der Waals surface area contributed by atoms with Gasteiger partial charge in [-0.15, -0.1) is 13.2 Å². The number of aryl methyl sites for hydroxylation is 1. The molecule has 1 aromatic carbocycles. The van der Waals surface area contributed by atoms with Crippen LogP contribution in [0, 0.1) is 6.92 Å². The van der Waals surface area contributed by atoms with E-state index in [1.807, 2.05) is 0 Å². The molecule has 0 fully saturated rings. The van der Waals surface area contributed by atoms with Crippen LogP contribution in [0.2, 0.25) is 0 Å². The van der Waals surface area contributed by atoms with Crippen LogP contribution in [0.25, 0.3) is 0 Å². The molecule has 112 valence electrons. The summed E-state index contributed by atoms with van der Waals surface area (Å²) in [6, 6.07) is 2.19. The fourth-order valence-corrected chi connectivity index (χ4v) is 1.52. The summed E-state index contributed by atoms with van der Waals surface area (Å²) in [5.41, 5.74) is -0.949. The van der Waals surface area contributed by atoms with Gasteiger partial charge in [0, 0.05) is 5.56 Å². The van der Waals surface area contributed by atoms with Crippen LogP contribution in [0.3, 0.4) is 0 Å². The summed E-state index contributed by atoms with van der Waals surface area (Å²) in [5.74, 6) is -6.33. The van der Waals surface area contributed by atoms with Gasteiger partial charge in [-0.25, -0.2) is 4.79 Å². The number of hydrogen-bond donors (Lipinski definition) is 0. The zero-order chi connectivity index (χ0) is 15.6. The lowest BCUT2D eigenvalue weighted by atomic mass is 10.0. The summed E-state index contributed by atoms with van der Waals surface area (Å²) in [6.07, 6.45) is -4.92. The van der Waals surface area contributed by atoms with Gasteiger partial charge in [0.1, 0.15) is 5.75 Å². The van der Waals surface area contributed by atoms with E-state index in [9.17, 15) is 26.7 Å². The third-order valence-electron chi connectivity index (χ3n) is 2.30. The third-order valence-corrected chi connectivity index (χ3v) is 2.30. The van der Waals surface area contributed by atoms with Crippen molar-refractivity contribution in [3.8, 4) is 5.75 Å². The second-order valence-corrected chi connectivity index (χ2v) is 3.82. The molecule has 0 spiro atoms. The standard InChI is InChI=1S/C12H11F5O3/c1-3-19-10(18)11(13,14)9-5-4-8(6-7(9)2)20-12(15,16)17/h4-6H,3H2,1-2H3. The second kappa shape index (κ2) is 5.64. The summed E-state index contributed by atoms with van der Waals surface area (Å²) in [4.78, 5) is 11.1. The van der Waals surface area contributed by atoms with Crippen LogP contribution < -0.4 is 4.74 Å². The molecule has 1 rings (SSSR count). The first-order valence-electron chi connectivity index (χ1n) is 5.50. The van der Waals surface area contributed by atoms with Crippen LogP contribution in [0.5, 0.6) is 5.75 Å². The molecule has 0 atom stereocenters. The van der Waals surface area contributed by atoms with Crippen molar-refractivity contribution < 1.29 is 36.2 Å². The van der Waals surface area contributed by atoms with Gasteiger partial charge in [-0.2, -0.15) is 8.78 Å². The Morgan fingerprint density at radius 2 is 1.80 bits per heavy atom. The summed E-state index contributed by atoms with van der Waals surface area (Å²) in [6.45, 7) is 2.27. The van der Waals surface area contributed by atoms with E-state index in [1.54, 1.807) is 0 Å². The zero-order valence-electron chi connectivity index (χ0n) is 10.6. The Morgan fingerprint density at radius 3 is 2.25 bits per heavy atom. The van der Waals surface area contributed by atoms with Crippen molar-refractivity contribution in [2.75, 3.05) is 6.61 Å².